The molecule has 0 bridgehead atoms. The summed E-state index contributed by atoms with van der Waals surface area (Å²) in [5, 5.41) is 15.7. The van der Waals surface area contributed by atoms with Crippen molar-refractivity contribution in [1.82, 2.24) is 9.78 Å². The molecule has 0 unspecified atom stereocenters. The molecule has 1 N–H and O–H groups in total. The summed E-state index contributed by atoms with van der Waals surface area (Å²) in [5.74, 6) is 0. The normalized spacial score (nSPS) is 12.2. The molecule has 0 atom stereocenters. The molecule has 0 fully saturated rings. The van der Waals surface area contributed by atoms with Gasteiger partial charge < -0.3 is 5.11 Å². The maximum atomic E-state index is 12.8. The van der Waals surface area contributed by atoms with E-state index in [-0.39, 0.29) is 4.90 Å². The number of halogens is 1. The van der Waals surface area contributed by atoms with Crippen molar-refractivity contribution in [2.24, 2.45) is 0 Å². The number of nitrogens with zero attached hydrogens (tertiary/aromatic N) is 2. The summed E-state index contributed by atoms with van der Waals surface area (Å²) in [4.78, 5) is 0.137. The van der Waals surface area contributed by atoms with E-state index >= 15 is 0 Å². The fraction of sp³-hybridized carbons (Fsp3) is 0.160. The molecule has 0 radical (unpaired) electrons. The third-order valence-electron chi connectivity index (χ3n) is 5.18. The van der Waals surface area contributed by atoms with E-state index in [9.17, 15) is 13.5 Å². The zero-order chi connectivity index (χ0) is 23.1. The maximum Gasteiger partial charge on any atom is 0.177 e. The molecule has 5 nitrogen and oxygen atoms in total. The Morgan fingerprint density at radius 2 is 1.56 bits per heavy atom. The number of hydrogen-bond donors (Lipinski definition) is 1. The number of benzene rings is 3. The molecule has 0 aliphatic carbocycles. The van der Waals surface area contributed by atoms with Crippen LogP contribution >= 0.6 is 11.6 Å². The second-order valence-corrected chi connectivity index (χ2v) is 10.6. The molecule has 0 aliphatic rings. The summed E-state index contributed by atoms with van der Waals surface area (Å²) in [5.41, 5.74) is 2.53. The standard InChI is InChI=1S/C25H23ClN2O3S/c1-25(2,29)24-16-22(19-11-7-8-12-20(19)26)28(27-24)21-14-13-18(15-23(21)32(3,30)31)17-9-5-4-6-10-17/h4-16,29H,1-3H3. The van der Waals surface area contributed by atoms with Gasteiger partial charge in [0.25, 0.3) is 0 Å². The molecular formula is C25H23ClN2O3S. The molecule has 4 aromatic rings. The van der Waals surface area contributed by atoms with Gasteiger partial charge in [-0.15, -0.1) is 0 Å². The van der Waals surface area contributed by atoms with Gasteiger partial charge in [-0.1, -0.05) is 66.2 Å². The highest BCUT2D eigenvalue weighted by Crippen LogP contribution is 2.35. The van der Waals surface area contributed by atoms with Crippen molar-refractivity contribution in [3.63, 3.8) is 0 Å². The summed E-state index contributed by atoms with van der Waals surface area (Å²) in [6.07, 6.45) is 1.18. The number of sulfone groups is 1. The molecule has 0 spiro atoms. The van der Waals surface area contributed by atoms with Crippen LogP contribution < -0.4 is 0 Å². The van der Waals surface area contributed by atoms with E-state index in [1.54, 1.807) is 42.8 Å². The minimum atomic E-state index is -3.60. The van der Waals surface area contributed by atoms with E-state index in [1.165, 1.54) is 6.26 Å². The summed E-state index contributed by atoms with van der Waals surface area (Å²) in [7, 11) is -3.60. The number of aliphatic hydroxyl groups is 1. The number of hydrogen-bond acceptors (Lipinski definition) is 4. The highest BCUT2D eigenvalue weighted by Gasteiger charge is 2.26. The Bertz CT molecular complexity index is 1390. The van der Waals surface area contributed by atoms with Crippen LogP contribution in [0.25, 0.3) is 28.1 Å². The lowest BCUT2D eigenvalue weighted by molar-refractivity contribution is 0.0734. The van der Waals surface area contributed by atoms with Crippen LogP contribution in [0.1, 0.15) is 19.5 Å². The Morgan fingerprint density at radius 3 is 2.19 bits per heavy atom. The number of aromatic nitrogens is 2. The van der Waals surface area contributed by atoms with Crippen molar-refractivity contribution < 1.29 is 13.5 Å². The van der Waals surface area contributed by atoms with E-state index in [0.29, 0.717) is 27.7 Å². The average molecular weight is 467 g/mol. The van der Waals surface area contributed by atoms with Gasteiger partial charge in [0, 0.05) is 16.8 Å². The summed E-state index contributed by atoms with van der Waals surface area (Å²) < 4.78 is 27.2. The molecule has 7 heteroatoms. The lowest BCUT2D eigenvalue weighted by atomic mass is 10.0. The van der Waals surface area contributed by atoms with Gasteiger partial charge in [-0.05, 0) is 49.2 Å². The smallest absolute Gasteiger partial charge is 0.177 e. The van der Waals surface area contributed by atoms with E-state index < -0.39 is 15.4 Å². The first-order chi connectivity index (χ1) is 15.1. The Labute approximate surface area is 192 Å². The SMILES string of the molecule is CC(C)(O)c1cc(-c2ccccc2Cl)n(-c2ccc(-c3ccccc3)cc2S(C)(=O)=O)n1. The minimum Gasteiger partial charge on any atom is -0.384 e. The van der Waals surface area contributed by atoms with E-state index in [4.69, 9.17) is 11.6 Å². The molecule has 0 saturated carbocycles. The van der Waals surface area contributed by atoms with E-state index in [0.717, 1.165) is 11.1 Å². The van der Waals surface area contributed by atoms with Gasteiger partial charge in [0.15, 0.2) is 9.84 Å². The Kier molecular flexibility index (Phi) is 5.71. The van der Waals surface area contributed by atoms with E-state index in [2.05, 4.69) is 5.10 Å². The van der Waals surface area contributed by atoms with Crippen molar-refractivity contribution in [1.29, 1.82) is 0 Å². The third-order valence-corrected chi connectivity index (χ3v) is 6.64. The van der Waals surface area contributed by atoms with Crippen molar-refractivity contribution in [3.8, 4) is 28.1 Å². The molecule has 1 aromatic heterocycles. The van der Waals surface area contributed by atoms with Crippen molar-refractivity contribution >= 4 is 21.4 Å². The minimum absolute atomic E-state index is 0.137. The van der Waals surface area contributed by atoms with Gasteiger partial charge in [-0.25, -0.2) is 13.1 Å². The van der Waals surface area contributed by atoms with Crippen molar-refractivity contribution in [2.45, 2.75) is 24.3 Å². The molecule has 0 saturated heterocycles. The molecule has 32 heavy (non-hydrogen) atoms. The summed E-state index contributed by atoms with van der Waals surface area (Å²) >= 11 is 6.45. The Morgan fingerprint density at radius 1 is 0.906 bits per heavy atom. The molecule has 164 valence electrons. The van der Waals surface area contributed by atoms with Crippen LogP contribution in [0.4, 0.5) is 0 Å². The summed E-state index contributed by atoms with van der Waals surface area (Å²) in [6, 6.07) is 23.8. The van der Waals surface area contributed by atoms with Crippen LogP contribution in [-0.4, -0.2) is 29.6 Å². The van der Waals surface area contributed by atoms with Gasteiger partial charge >= 0.3 is 0 Å². The fourth-order valence-corrected chi connectivity index (χ4v) is 4.63. The lowest BCUT2D eigenvalue weighted by Crippen LogP contribution is -2.17. The molecule has 3 aromatic carbocycles. The average Bonchev–Trinajstić information content (AvgIpc) is 3.19. The van der Waals surface area contributed by atoms with Gasteiger partial charge in [-0.3, -0.25) is 0 Å². The molecule has 4 rings (SSSR count). The zero-order valence-corrected chi connectivity index (χ0v) is 19.5. The van der Waals surface area contributed by atoms with Crippen LogP contribution in [0.15, 0.2) is 83.8 Å². The van der Waals surface area contributed by atoms with Crippen LogP contribution in [0, 0.1) is 0 Å². The van der Waals surface area contributed by atoms with Gasteiger partial charge in [0.2, 0.25) is 0 Å². The van der Waals surface area contributed by atoms with Crippen LogP contribution in [0.5, 0.6) is 0 Å². The highest BCUT2D eigenvalue weighted by atomic mass is 35.5. The number of rotatable bonds is 5. The molecule has 0 aliphatic heterocycles. The van der Waals surface area contributed by atoms with Crippen LogP contribution in [0.2, 0.25) is 5.02 Å². The molecule has 1 heterocycles. The second-order valence-electron chi connectivity index (χ2n) is 8.19. The van der Waals surface area contributed by atoms with Gasteiger partial charge in [0.05, 0.1) is 22.0 Å². The fourth-order valence-electron chi connectivity index (χ4n) is 3.52. The predicted molar refractivity (Wildman–Crippen MR) is 128 cm³/mol. The summed E-state index contributed by atoms with van der Waals surface area (Å²) in [6.45, 7) is 3.26. The Hall–Kier alpha value is -2.93. The third kappa shape index (κ3) is 4.35. The van der Waals surface area contributed by atoms with Crippen LogP contribution in [0.3, 0.4) is 0 Å². The Balaban J connectivity index is 2.01. The van der Waals surface area contributed by atoms with Gasteiger partial charge in [0.1, 0.15) is 5.60 Å². The monoisotopic (exact) mass is 466 g/mol. The predicted octanol–water partition coefficient (Wildman–Crippen LogP) is 5.49. The molecule has 0 amide bonds. The molecular weight excluding hydrogens is 444 g/mol. The lowest BCUT2D eigenvalue weighted by Gasteiger charge is -2.15. The van der Waals surface area contributed by atoms with Crippen LogP contribution in [-0.2, 0) is 15.4 Å². The second kappa shape index (κ2) is 8.20. The zero-order valence-electron chi connectivity index (χ0n) is 17.9. The van der Waals surface area contributed by atoms with Crippen molar-refractivity contribution in [3.05, 3.63) is 89.6 Å². The van der Waals surface area contributed by atoms with E-state index in [1.807, 2.05) is 54.6 Å². The highest BCUT2D eigenvalue weighted by molar-refractivity contribution is 7.90. The van der Waals surface area contributed by atoms with Crippen molar-refractivity contribution in [2.75, 3.05) is 6.26 Å². The quantitative estimate of drug-likeness (QED) is 0.422. The first kappa shape index (κ1) is 22.3. The maximum absolute atomic E-state index is 12.8. The van der Waals surface area contributed by atoms with Gasteiger partial charge in [-0.2, -0.15) is 5.10 Å². The topological polar surface area (TPSA) is 72.2 Å². The first-order valence-electron chi connectivity index (χ1n) is 10.0. The largest absolute Gasteiger partial charge is 0.384 e. The first-order valence-corrected chi connectivity index (χ1v) is 12.3.